The molecule has 0 aromatic heterocycles. The highest BCUT2D eigenvalue weighted by Crippen LogP contribution is 2.26. The quantitative estimate of drug-likeness (QED) is 0.450. The Balaban J connectivity index is 2.61. The molecule has 6 nitrogen and oxygen atoms in total. The molecule has 1 aromatic carbocycles. The van der Waals surface area contributed by atoms with Crippen molar-refractivity contribution in [3.63, 3.8) is 0 Å². The van der Waals surface area contributed by atoms with Gasteiger partial charge in [0.2, 0.25) is 0 Å². The minimum atomic E-state index is -2.90. The molecule has 0 aliphatic heterocycles. The number of ether oxygens (including phenoxy) is 3. The zero-order valence-electron chi connectivity index (χ0n) is 16.7. The second-order valence-electron chi connectivity index (χ2n) is 6.23. The van der Waals surface area contributed by atoms with Crippen molar-refractivity contribution in [3.8, 4) is 11.5 Å². The molecule has 1 atom stereocenters. The average Bonchev–Trinajstić information content (AvgIpc) is 2.63. The molecule has 0 saturated heterocycles. The topological polar surface area (TPSA) is 64.1 Å². The molecule has 8 heteroatoms. The van der Waals surface area contributed by atoms with Crippen molar-refractivity contribution in [2.75, 3.05) is 27.3 Å². The van der Waals surface area contributed by atoms with Crippen LogP contribution in [0.5, 0.6) is 11.5 Å². The molecule has 1 unspecified atom stereocenters. The lowest BCUT2D eigenvalue weighted by Crippen LogP contribution is -2.39. The van der Waals surface area contributed by atoms with Crippen molar-refractivity contribution in [2.24, 2.45) is 10.9 Å². The van der Waals surface area contributed by atoms with E-state index in [4.69, 9.17) is 9.47 Å². The predicted molar refractivity (Wildman–Crippen MR) is 103 cm³/mol. The number of guanidine groups is 1. The highest BCUT2D eigenvalue weighted by atomic mass is 19.3. The van der Waals surface area contributed by atoms with Crippen LogP contribution in [0.1, 0.15) is 32.8 Å². The van der Waals surface area contributed by atoms with E-state index in [2.05, 4.69) is 34.2 Å². The highest BCUT2D eigenvalue weighted by Gasteiger charge is 2.14. The Morgan fingerprint density at radius 3 is 2.52 bits per heavy atom. The van der Waals surface area contributed by atoms with Gasteiger partial charge in [0, 0.05) is 38.4 Å². The van der Waals surface area contributed by atoms with Gasteiger partial charge in [-0.25, -0.2) is 0 Å². The van der Waals surface area contributed by atoms with Gasteiger partial charge in [-0.3, -0.25) is 4.99 Å². The van der Waals surface area contributed by atoms with Gasteiger partial charge in [0.15, 0.2) is 5.96 Å². The van der Waals surface area contributed by atoms with Gasteiger partial charge >= 0.3 is 6.61 Å². The molecular formula is C19H31F2N3O3. The number of rotatable bonds is 11. The van der Waals surface area contributed by atoms with Gasteiger partial charge in [0.25, 0.3) is 0 Å². The van der Waals surface area contributed by atoms with Gasteiger partial charge in [-0.05, 0) is 31.4 Å². The lowest BCUT2D eigenvalue weighted by molar-refractivity contribution is -0.0505. The number of halogens is 2. The first-order valence-electron chi connectivity index (χ1n) is 9.09. The van der Waals surface area contributed by atoms with Gasteiger partial charge in [-0.1, -0.05) is 13.8 Å². The van der Waals surface area contributed by atoms with Crippen LogP contribution in [0.3, 0.4) is 0 Å². The summed E-state index contributed by atoms with van der Waals surface area (Å²) in [6, 6.07) is 4.82. The molecule has 1 aromatic rings. The number of hydrogen-bond donors (Lipinski definition) is 2. The SMILES string of the molecule is CCOC(CCNC(=NC)NCc1ccc(OC)cc1OC(F)F)C(C)C. The maximum absolute atomic E-state index is 12.6. The fourth-order valence-electron chi connectivity index (χ4n) is 2.57. The summed E-state index contributed by atoms with van der Waals surface area (Å²) in [5.74, 6) is 1.53. The number of aliphatic imine (C=N–C) groups is 1. The van der Waals surface area contributed by atoms with E-state index >= 15 is 0 Å². The van der Waals surface area contributed by atoms with E-state index in [0.29, 0.717) is 36.3 Å². The van der Waals surface area contributed by atoms with Gasteiger partial charge < -0.3 is 24.8 Å². The Morgan fingerprint density at radius 1 is 1.22 bits per heavy atom. The van der Waals surface area contributed by atoms with Crippen molar-refractivity contribution in [1.82, 2.24) is 10.6 Å². The molecule has 0 radical (unpaired) electrons. The van der Waals surface area contributed by atoms with Crippen molar-refractivity contribution in [2.45, 2.75) is 46.5 Å². The fraction of sp³-hybridized carbons (Fsp3) is 0.632. The van der Waals surface area contributed by atoms with Gasteiger partial charge in [-0.2, -0.15) is 8.78 Å². The van der Waals surface area contributed by atoms with E-state index < -0.39 is 6.61 Å². The molecule has 0 saturated carbocycles. The largest absolute Gasteiger partial charge is 0.497 e. The first kappa shape index (κ1) is 23.0. The standard InChI is InChI=1S/C19H31F2N3O3/c1-6-26-16(13(2)3)9-10-23-19(22-4)24-12-14-7-8-15(25-5)11-17(14)27-18(20)21/h7-8,11,13,16,18H,6,9-10,12H2,1-5H3,(H2,22,23,24). The Kier molecular flexibility index (Phi) is 10.5. The van der Waals surface area contributed by atoms with Crippen molar-refractivity contribution in [1.29, 1.82) is 0 Å². The number of benzene rings is 1. The van der Waals surface area contributed by atoms with Crippen LogP contribution in [0.4, 0.5) is 8.78 Å². The lowest BCUT2D eigenvalue weighted by atomic mass is 10.0. The van der Waals surface area contributed by atoms with E-state index in [-0.39, 0.29) is 18.4 Å². The van der Waals surface area contributed by atoms with E-state index in [1.54, 1.807) is 19.2 Å². The summed E-state index contributed by atoms with van der Waals surface area (Å²) in [6.45, 7) is 4.98. The van der Waals surface area contributed by atoms with Gasteiger partial charge in [0.05, 0.1) is 13.2 Å². The van der Waals surface area contributed by atoms with Crippen LogP contribution in [0.25, 0.3) is 0 Å². The summed E-state index contributed by atoms with van der Waals surface area (Å²) < 4.78 is 40.7. The average molecular weight is 387 g/mol. The number of alkyl halides is 2. The summed E-state index contributed by atoms with van der Waals surface area (Å²) in [5, 5.41) is 6.32. The van der Waals surface area contributed by atoms with Crippen LogP contribution < -0.4 is 20.1 Å². The maximum atomic E-state index is 12.6. The van der Waals surface area contributed by atoms with Crippen LogP contribution in [0, 0.1) is 5.92 Å². The fourth-order valence-corrected chi connectivity index (χ4v) is 2.57. The first-order valence-corrected chi connectivity index (χ1v) is 9.09. The van der Waals surface area contributed by atoms with Gasteiger partial charge in [0.1, 0.15) is 11.5 Å². The molecule has 27 heavy (non-hydrogen) atoms. The monoisotopic (exact) mass is 387 g/mol. The lowest BCUT2D eigenvalue weighted by Gasteiger charge is -2.21. The van der Waals surface area contributed by atoms with Crippen LogP contribution in [0.2, 0.25) is 0 Å². The van der Waals surface area contributed by atoms with Crippen molar-refractivity contribution >= 4 is 5.96 Å². The number of nitrogens with zero attached hydrogens (tertiary/aromatic N) is 1. The molecule has 0 bridgehead atoms. The summed E-state index contributed by atoms with van der Waals surface area (Å²) in [6.07, 6.45) is 1.02. The Hall–Kier alpha value is -2.09. The third-order valence-electron chi connectivity index (χ3n) is 4.01. The normalized spacial score (nSPS) is 13.0. The Morgan fingerprint density at radius 2 is 1.96 bits per heavy atom. The van der Waals surface area contributed by atoms with Crippen molar-refractivity contribution < 1.29 is 23.0 Å². The van der Waals surface area contributed by atoms with E-state index in [1.807, 2.05) is 6.92 Å². The summed E-state index contributed by atoms with van der Waals surface area (Å²) in [7, 11) is 3.13. The molecule has 0 aliphatic carbocycles. The molecule has 0 fully saturated rings. The Bertz CT molecular complexity index is 583. The summed E-state index contributed by atoms with van der Waals surface area (Å²) in [5.41, 5.74) is 0.577. The van der Waals surface area contributed by atoms with Gasteiger partial charge in [-0.15, -0.1) is 0 Å². The molecular weight excluding hydrogens is 356 g/mol. The van der Waals surface area contributed by atoms with E-state index in [0.717, 1.165) is 6.42 Å². The number of methoxy groups -OCH3 is 1. The number of nitrogens with one attached hydrogen (secondary N) is 2. The van der Waals surface area contributed by atoms with Crippen molar-refractivity contribution in [3.05, 3.63) is 23.8 Å². The maximum Gasteiger partial charge on any atom is 0.387 e. The van der Waals surface area contributed by atoms with Crippen LogP contribution in [-0.4, -0.2) is 46.0 Å². The second-order valence-corrected chi connectivity index (χ2v) is 6.23. The molecule has 0 amide bonds. The summed E-state index contributed by atoms with van der Waals surface area (Å²) >= 11 is 0. The zero-order valence-corrected chi connectivity index (χ0v) is 16.7. The van der Waals surface area contributed by atoms with E-state index in [1.165, 1.54) is 13.2 Å². The van der Waals surface area contributed by atoms with E-state index in [9.17, 15) is 8.78 Å². The minimum absolute atomic E-state index is 0.0727. The molecule has 0 spiro atoms. The smallest absolute Gasteiger partial charge is 0.387 e. The minimum Gasteiger partial charge on any atom is -0.497 e. The molecule has 2 N–H and O–H groups in total. The van der Waals surface area contributed by atoms with Crippen LogP contribution >= 0.6 is 0 Å². The second kappa shape index (κ2) is 12.3. The van der Waals surface area contributed by atoms with Crippen LogP contribution in [0.15, 0.2) is 23.2 Å². The molecule has 1 rings (SSSR count). The zero-order chi connectivity index (χ0) is 20.2. The third kappa shape index (κ3) is 8.43. The Labute approximate surface area is 160 Å². The molecule has 0 heterocycles. The number of hydrogen-bond acceptors (Lipinski definition) is 4. The first-order chi connectivity index (χ1) is 12.9. The third-order valence-corrected chi connectivity index (χ3v) is 4.01. The molecule has 154 valence electrons. The highest BCUT2D eigenvalue weighted by molar-refractivity contribution is 5.79. The van der Waals surface area contributed by atoms with Crippen LogP contribution in [-0.2, 0) is 11.3 Å². The molecule has 0 aliphatic rings. The predicted octanol–water partition coefficient (Wildman–Crippen LogP) is 3.41. The summed E-state index contributed by atoms with van der Waals surface area (Å²) in [4.78, 5) is 4.16.